The van der Waals surface area contributed by atoms with Crippen LogP contribution in [0.2, 0.25) is 0 Å². The molecule has 2 heteroatoms. The average Bonchev–Trinajstić information content (AvgIpc) is 3.64. The molecule has 1 atom stereocenters. The Morgan fingerprint density at radius 1 is 0.457 bits per heavy atom. The summed E-state index contributed by atoms with van der Waals surface area (Å²) in [5.74, 6) is 0.144. The van der Waals surface area contributed by atoms with Crippen molar-refractivity contribution in [3.63, 3.8) is 0 Å². The lowest BCUT2D eigenvalue weighted by Gasteiger charge is -2.16. The van der Waals surface area contributed by atoms with Gasteiger partial charge in [-0.25, -0.2) is 0 Å². The Hall–Kier alpha value is -6.17. The van der Waals surface area contributed by atoms with Crippen LogP contribution in [0.5, 0.6) is 0 Å². The molecule has 0 bridgehead atoms. The summed E-state index contributed by atoms with van der Waals surface area (Å²) in [6.07, 6.45) is 0. The number of aromatic nitrogens is 1. The van der Waals surface area contributed by atoms with Gasteiger partial charge in [0.1, 0.15) is 0 Å². The highest BCUT2D eigenvalue weighted by atomic mass is 15.0. The third-order valence-corrected chi connectivity index (χ3v) is 9.49. The van der Waals surface area contributed by atoms with E-state index in [1.807, 2.05) is 18.2 Å². The van der Waals surface area contributed by atoms with Gasteiger partial charge in [-0.2, -0.15) is 5.26 Å². The van der Waals surface area contributed by atoms with Gasteiger partial charge in [-0.1, -0.05) is 115 Å². The normalized spacial score (nSPS) is 13.4. The standard InChI is InChI=1S/C44H28N2/c45-28-29-10-8-11-30(24-29)31-12-9-13-34(25-31)44-38-18-5-4-16-36(38)40-26-32(20-22-39(40)44)33-21-23-43-41(27-33)37-17-6-7-19-42(37)46(43)35-14-2-1-3-15-35/h1-27,44H. The number of nitrogens with zero attached hydrogens (tertiary/aromatic N) is 2. The van der Waals surface area contributed by atoms with Crippen LogP contribution in [0.4, 0.5) is 0 Å². The van der Waals surface area contributed by atoms with Crippen molar-refractivity contribution in [2.75, 3.05) is 0 Å². The number of hydrogen-bond acceptors (Lipinski definition) is 1. The SMILES string of the molecule is N#Cc1cccc(-c2cccc(C3c4ccccc4-c4cc(-c5ccc6c(c5)c5ccccc5n6-c5ccccc5)ccc43)c2)c1. The molecule has 1 unspecified atom stereocenters. The first-order valence-corrected chi connectivity index (χ1v) is 15.7. The van der Waals surface area contributed by atoms with Crippen LogP contribution in [0.25, 0.3) is 60.9 Å². The Balaban J connectivity index is 1.17. The van der Waals surface area contributed by atoms with Crippen molar-refractivity contribution >= 4 is 21.8 Å². The van der Waals surface area contributed by atoms with E-state index in [9.17, 15) is 5.26 Å². The molecule has 1 aromatic heterocycles. The second-order valence-electron chi connectivity index (χ2n) is 12.1. The summed E-state index contributed by atoms with van der Waals surface area (Å²) in [4.78, 5) is 0. The zero-order valence-corrected chi connectivity index (χ0v) is 25.1. The second-order valence-corrected chi connectivity index (χ2v) is 12.1. The minimum Gasteiger partial charge on any atom is -0.309 e. The molecule has 214 valence electrons. The summed E-state index contributed by atoms with van der Waals surface area (Å²) in [6, 6.07) is 61.0. The summed E-state index contributed by atoms with van der Waals surface area (Å²) in [6.45, 7) is 0. The van der Waals surface area contributed by atoms with Crippen LogP contribution in [0, 0.1) is 11.3 Å². The summed E-state index contributed by atoms with van der Waals surface area (Å²) in [5.41, 5.74) is 15.4. The second kappa shape index (κ2) is 10.5. The lowest BCUT2D eigenvalue weighted by molar-refractivity contribution is 1.02. The smallest absolute Gasteiger partial charge is 0.0991 e. The number of hydrogen-bond donors (Lipinski definition) is 0. The minimum absolute atomic E-state index is 0.144. The molecule has 0 radical (unpaired) electrons. The molecule has 7 aromatic carbocycles. The molecule has 0 amide bonds. The van der Waals surface area contributed by atoms with Gasteiger partial charge in [-0.3, -0.25) is 0 Å². The zero-order chi connectivity index (χ0) is 30.6. The van der Waals surface area contributed by atoms with E-state index in [1.54, 1.807) is 0 Å². The molecule has 1 aliphatic carbocycles. The Morgan fingerprint density at radius 2 is 1.13 bits per heavy atom. The molecular weight excluding hydrogens is 556 g/mol. The van der Waals surface area contributed by atoms with Crippen LogP contribution in [-0.4, -0.2) is 4.57 Å². The average molecular weight is 585 g/mol. The van der Waals surface area contributed by atoms with Gasteiger partial charge >= 0.3 is 0 Å². The lowest BCUT2D eigenvalue weighted by Crippen LogP contribution is -1.99. The van der Waals surface area contributed by atoms with Gasteiger partial charge in [0.25, 0.3) is 0 Å². The van der Waals surface area contributed by atoms with E-state index >= 15 is 0 Å². The summed E-state index contributed by atoms with van der Waals surface area (Å²) in [5, 5.41) is 12.0. The first-order valence-electron chi connectivity index (χ1n) is 15.7. The topological polar surface area (TPSA) is 28.7 Å². The van der Waals surface area contributed by atoms with Gasteiger partial charge in [0.15, 0.2) is 0 Å². The van der Waals surface area contributed by atoms with Crippen molar-refractivity contribution in [1.82, 2.24) is 4.57 Å². The molecule has 0 saturated heterocycles. The molecule has 0 aliphatic heterocycles. The number of rotatable bonds is 4. The van der Waals surface area contributed by atoms with E-state index in [0.717, 1.165) is 11.1 Å². The minimum atomic E-state index is 0.144. The Labute approximate surface area is 268 Å². The molecule has 1 heterocycles. The monoisotopic (exact) mass is 584 g/mol. The first kappa shape index (κ1) is 26.3. The molecule has 0 N–H and O–H groups in total. The van der Waals surface area contributed by atoms with Gasteiger partial charge in [0.2, 0.25) is 0 Å². The maximum atomic E-state index is 9.46. The van der Waals surface area contributed by atoms with Crippen molar-refractivity contribution in [1.29, 1.82) is 5.26 Å². The highest BCUT2D eigenvalue weighted by Crippen LogP contribution is 2.49. The van der Waals surface area contributed by atoms with E-state index in [1.165, 1.54) is 66.4 Å². The van der Waals surface area contributed by atoms with Crippen LogP contribution in [0.15, 0.2) is 164 Å². The van der Waals surface area contributed by atoms with Crippen LogP contribution in [0.1, 0.15) is 28.2 Å². The third-order valence-electron chi connectivity index (χ3n) is 9.49. The predicted molar refractivity (Wildman–Crippen MR) is 189 cm³/mol. The van der Waals surface area contributed by atoms with Gasteiger partial charge in [-0.05, 0) is 98.6 Å². The van der Waals surface area contributed by atoms with E-state index in [-0.39, 0.29) is 5.92 Å². The third kappa shape index (κ3) is 4.10. The number of nitriles is 1. The van der Waals surface area contributed by atoms with Crippen LogP contribution in [0.3, 0.4) is 0 Å². The lowest BCUT2D eigenvalue weighted by atomic mass is 9.87. The molecule has 0 spiro atoms. The van der Waals surface area contributed by atoms with E-state index in [2.05, 4.69) is 156 Å². The molecular formula is C44H28N2. The molecule has 0 fully saturated rings. The molecule has 2 nitrogen and oxygen atoms in total. The van der Waals surface area contributed by atoms with Crippen LogP contribution < -0.4 is 0 Å². The molecule has 9 rings (SSSR count). The quantitative estimate of drug-likeness (QED) is 0.202. The largest absolute Gasteiger partial charge is 0.309 e. The van der Waals surface area contributed by atoms with Crippen molar-refractivity contribution in [2.24, 2.45) is 0 Å². The molecule has 0 saturated carbocycles. The molecule has 8 aromatic rings. The molecule has 1 aliphatic rings. The zero-order valence-electron chi connectivity index (χ0n) is 25.1. The Kier molecular flexibility index (Phi) is 5.98. The maximum Gasteiger partial charge on any atom is 0.0991 e. The predicted octanol–water partition coefficient (Wildman–Crippen LogP) is 11.1. The summed E-state index contributed by atoms with van der Waals surface area (Å²) < 4.78 is 2.36. The fourth-order valence-corrected chi connectivity index (χ4v) is 7.42. The fraction of sp³-hybridized carbons (Fsp3) is 0.0227. The van der Waals surface area contributed by atoms with E-state index in [4.69, 9.17) is 0 Å². The summed E-state index contributed by atoms with van der Waals surface area (Å²) >= 11 is 0. The van der Waals surface area contributed by atoms with Gasteiger partial charge in [0, 0.05) is 22.4 Å². The number of para-hydroxylation sites is 2. The van der Waals surface area contributed by atoms with Crippen molar-refractivity contribution in [2.45, 2.75) is 5.92 Å². The van der Waals surface area contributed by atoms with Crippen molar-refractivity contribution in [3.8, 4) is 45.1 Å². The fourth-order valence-electron chi connectivity index (χ4n) is 7.42. The van der Waals surface area contributed by atoms with E-state index < -0.39 is 0 Å². The maximum absolute atomic E-state index is 9.46. The number of benzene rings is 7. The highest BCUT2D eigenvalue weighted by Gasteiger charge is 2.30. The number of fused-ring (bicyclic) bond motifs is 6. The Morgan fingerprint density at radius 3 is 2.02 bits per heavy atom. The Bertz CT molecular complexity index is 2490. The van der Waals surface area contributed by atoms with E-state index in [0.29, 0.717) is 5.56 Å². The highest BCUT2D eigenvalue weighted by molar-refractivity contribution is 6.10. The van der Waals surface area contributed by atoms with Crippen molar-refractivity contribution < 1.29 is 0 Å². The van der Waals surface area contributed by atoms with Gasteiger partial charge in [-0.15, -0.1) is 0 Å². The van der Waals surface area contributed by atoms with Gasteiger partial charge < -0.3 is 4.57 Å². The summed E-state index contributed by atoms with van der Waals surface area (Å²) in [7, 11) is 0. The van der Waals surface area contributed by atoms with Gasteiger partial charge in [0.05, 0.1) is 22.7 Å². The van der Waals surface area contributed by atoms with Crippen LogP contribution in [-0.2, 0) is 0 Å². The molecule has 46 heavy (non-hydrogen) atoms. The van der Waals surface area contributed by atoms with Crippen LogP contribution >= 0.6 is 0 Å². The van der Waals surface area contributed by atoms with Crippen molar-refractivity contribution in [3.05, 3.63) is 186 Å². The first-order chi connectivity index (χ1) is 22.8.